The number of hydrogen-bond donors (Lipinski definition) is 1. The predicted molar refractivity (Wildman–Crippen MR) is 124 cm³/mol. The summed E-state index contributed by atoms with van der Waals surface area (Å²) in [5.41, 5.74) is 0.653. The van der Waals surface area contributed by atoms with Crippen LogP contribution < -0.4 is 10.2 Å². The number of carbonyl (C=O) groups excluding carboxylic acids is 1. The highest BCUT2D eigenvalue weighted by Crippen LogP contribution is 2.40. The van der Waals surface area contributed by atoms with Crippen LogP contribution in [0.3, 0.4) is 0 Å². The summed E-state index contributed by atoms with van der Waals surface area (Å²) in [5.74, 6) is 1.55. The second-order valence-corrected chi connectivity index (χ2v) is 8.98. The monoisotopic (exact) mass is 461 g/mol. The molecule has 0 radical (unpaired) electrons. The molecule has 0 unspecified atom stereocenters. The third kappa shape index (κ3) is 3.64. The Bertz CT molecular complexity index is 1340. The highest BCUT2D eigenvalue weighted by Gasteiger charge is 2.48. The number of fused-ring (bicyclic) bond motifs is 1. The van der Waals surface area contributed by atoms with Gasteiger partial charge in [0.15, 0.2) is 5.65 Å². The highest BCUT2D eigenvalue weighted by atomic mass is 19.1. The molecule has 1 spiro atoms. The van der Waals surface area contributed by atoms with E-state index in [0.717, 1.165) is 32.2 Å². The number of halogens is 1. The summed E-state index contributed by atoms with van der Waals surface area (Å²) >= 11 is 0. The van der Waals surface area contributed by atoms with Gasteiger partial charge in [-0.05, 0) is 43.7 Å². The summed E-state index contributed by atoms with van der Waals surface area (Å²) in [5, 5.41) is 7.82. The van der Waals surface area contributed by atoms with Crippen LogP contribution in [0, 0.1) is 11.7 Å². The summed E-state index contributed by atoms with van der Waals surface area (Å²) in [6, 6.07) is 8.41. The zero-order chi connectivity index (χ0) is 23.1. The Kier molecular flexibility index (Phi) is 4.93. The zero-order valence-electron chi connectivity index (χ0n) is 18.5. The lowest BCUT2D eigenvalue weighted by Gasteiger charge is -2.35. The van der Waals surface area contributed by atoms with Gasteiger partial charge in [0, 0.05) is 31.2 Å². The van der Waals surface area contributed by atoms with Crippen LogP contribution in [0.15, 0.2) is 61.3 Å². The lowest BCUT2D eigenvalue weighted by Crippen LogP contribution is -2.39. The minimum atomic E-state index is -0.461. The van der Waals surface area contributed by atoms with Gasteiger partial charge in [-0.2, -0.15) is 5.10 Å². The van der Waals surface area contributed by atoms with Crippen molar-refractivity contribution in [3.63, 3.8) is 0 Å². The van der Waals surface area contributed by atoms with Gasteiger partial charge in [-0.25, -0.2) is 18.9 Å². The molecule has 1 aliphatic carbocycles. The van der Waals surface area contributed by atoms with Crippen molar-refractivity contribution >= 4 is 23.4 Å². The fourth-order valence-electron chi connectivity index (χ4n) is 4.94. The Balaban J connectivity index is 1.06. The number of benzene rings is 1. The number of nitrogens with one attached hydrogen (secondary N) is 1. The molecule has 4 heterocycles. The first-order chi connectivity index (χ1) is 16.6. The number of hydrogen-bond acceptors (Lipinski definition) is 6. The summed E-state index contributed by atoms with van der Waals surface area (Å²) in [7, 11) is 0. The molecule has 2 fully saturated rings. The number of rotatable bonds is 5. The second-order valence-electron chi connectivity index (χ2n) is 8.98. The molecule has 1 saturated carbocycles. The molecule has 4 aromatic rings. The van der Waals surface area contributed by atoms with Gasteiger partial charge in [-0.3, -0.25) is 14.3 Å². The maximum Gasteiger partial charge on any atom is 0.416 e. The summed E-state index contributed by atoms with van der Waals surface area (Å²) in [4.78, 5) is 22.8. The van der Waals surface area contributed by atoms with E-state index >= 15 is 0 Å². The Hall–Kier alpha value is -3.95. The van der Waals surface area contributed by atoms with Gasteiger partial charge in [-0.15, -0.1) is 0 Å². The maximum absolute atomic E-state index is 14.0. The van der Waals surface area contributed by atoms with Crippen molar-refractivity contribution in [2.24, 2.45) is 5.92 Å². The Morgan fingerprint density at radius 1 is 1.15 bits per heavy atom. The normalized spacial score (nSPS) is 22.4. The molecule has 1 aliphatic heterocycles. The van der Waals surface area contributed by atoms with Crippen molar-refractivity contribution in [2.45, 2.75) is 31.3 Å². The van der Waals surface area contributed by atoms with E-state index < -0.39 is 5.60 Å². The van der Waals surface area contributed by atoms with Gasteiger partial charge in [0.2, 0.25) is 0 Å². The molecule has 174 valence electrons. The molecule has 0 bridgehead atoms. The molecule has 2 aliphatic rings. The van der Waals surface area contributed by atoms with E-state index in [1.807, 2.05) is 10.5 Å². The van der Waals surface area contributed by atoms with Crippen LogP contribution in [0.5, 0.6) is 0 Å². The number of nitrogens with zero attached hydrogens (tertiary/aromatic N) is 6. The lowest BCUT2D eigenvalue weighted by atomic mass is 9.78. The largest absolute Gasteiger partial charge is 0.441 e. The van der Waals surface area contributed by atoms with Crippen molar-refractivity contribution in [3.05, 3.63) is 67.1 Å². The molecule has 34 heavy (non-hydrogen) atoms. The highest BCUT2D eigenvalue weighted by molar-refractivity contribution is 5.89. The second kappa shape index (κ2) is 8.12. The summed E-state index contributed by atoms with van der Waals surface area (Å²) < 4.78 is 23.3. The minimum absolute atomic E-state index is 0.310. The fourth-order valence-corrected chi connectivity index (χ4v) is 4.94. The van der Waals surface area contributed by atoms with Crippen LogP contribution >= 0.6 is 0 Å². The van der Waals surface area contributed by atoms with Crippen molar-refractivity contribution in [3.8, 4) is 5.69 Å². The zero-order valence-corrected chi connectivity index (χ0v) is 18.5. The van der Waals surface area contributed by atoms with Crippen LogP contribution in [0.1, 0.15) is 25.7 Å². The van der Waals surface area contributed by atoms with Gasteiger partial charge in [0.25, 0.3) is 0 Å². The van der Waals surface area contributed by atoms with Crippen LogP contribution in [-0.2, 0) is 4.74 Å². The predicted octanol–water partition coefficient (Wildman–Crippen LogP) is 4.05. The van der Waals surface area contributed by atoms with Crippen molar-refractivity contribution in [1.82, 2.24) is 24.1 Å². The van der Waals surface area contributed by atoms with Gasteiger partial charge in [0.05, 0.1) is 18.9 Å². The number of para-hydroxylation sites is 1. The quantitative estimate of drug-likeness (QED) is 0.482. The average molecular weight is 462 g/mol. The molecule has 1 N–H and O–H groups in total. The number of aromatic nitrogens is 5. The van der Waals surface area contributed by atoms with Crippen LogP contribution in [0.4, 0.5) is 20.8 Å². The van der Waals surface area contributed by atoms with Gasteiger partial charge in [0.1, 0.15) is 28.7 Å². The third-order valence-electron chi connectivity index (χ3n) is 6.82. The molecule has 9 nitrogen and oxygen atoms in total. The van der Waals surface area contributed by atoms with E-state index in [1.165, 1.54) is 10.7 Å². The first kappa shape index (κ1) is 20.6. The molecular formula is C24H24FN7O2. The molecule has 10 heteroatoms. The number of anilines is 2. The topological polar surface area (TPSA) is 89.6 Å². The number of imidazole rings is 1. The van der Waals surface area contributed by atoms with Crippen molar-refractivity contribution < 1.29 is 13.9 Å². The molecule has 1 amide bonds. The first-order valence-corrected chi connectivity index (χ1v) is 11.4. The molecular weight excluding hydrogens is 437 g/mol. The van der Waals surface area contributed by atoms with Crippen LogP contribution in [0.2, 0.25) is 0 Å². The Morgan fingerprint density at radius 2 is 2.00 bits per heavy atom. The van der Waals surface area contributed by atoms with Crippen LogP contribution in [-0.4, -0.2) is 48.9 Å². The molecule has 1 aromatic carbocycles. The van der Waals surface area contributed by atoms with E-state index in [-0.39, 0.29) is 11.9 Å². The van der Waals surface area contributed by atoms with E-state index in [4.69, 9.17) is 4.74 Å². The fraction of sp³-hybridized carbons (Fsp3) is 0.333. The molecule has 3 aromatic heterocycles. The third-order valence-corrected chi connectivity index (χ3v) is 6.82. The van der Waals surface area contributed by atoms with Gasteiger partial charge in [-0.1, -0.05) is 12.1 Å². The van der Waals surface area contributed by atoms with Crippen LogP contribution in [0.25, 0.3) is 11.3 Å². The first-order valence-electron chi connectivity index (χ1n) is 11.4. The Labute approximate surface area is 195 Å². The number of amides is 1. The van der Waals surface area contributed by atoms with Crippen molar-refractivity contribution in [1.29, 1.82) is 0 Å². The van der Waals surface area contributed by atoms with E-state index in [1.54, 1.807) is 54.1 Å². The van der Waals surface area contributed by atoms with Gasteiger partial charge < -0.3 is 10.1 Å². The summed E-state index contributed by atoms with van der Waals surface area (Å²) in [6.07, 6.45) is 11.8. The standard InChI is InChI=1S/C24H24FN7O2/c25-18-3-1-2-4-19(18)32-11-7-20(29-32)27-13-17-5-8-24(9-6-17)16-31(23(33)34-24)22-15-28-21-14-26-10-12-30(21)22/h1-4,7,10-12,14-15,17H,5-6,8-9,13,16H2,(H,27,29)/t17-,24-. The minimum Gasteiger partial charge on any atom is -0.441 e. The molecule has 6 rings (SSSR count). The smallest absolute Gasteiger partial charge is 0.416 e. The average Bonchev–Trinajstić information content (AvgIpc) is 3.57. The van der Waals surface area contributed by atoms with E-state index in [0.29, 0.717) is 35.4 Å². The van der Waals surface area contributed by atoms with E-state index in [2.05, 4.69) is 20.4 Å². The molecule has 1 saturated heterocycles. The van der Waals surface area contributed by atoms with Crippen molar-refractivity contribution in [2.75, 3.05) is 23.3 Å². The maximum atomic E-state index is 14.0. The lowest BCUT2D eigenvalue weighted by molar-refractivity contribution is 0.0148. The number of carbonyl (C=O) groups is 1. The SMILES string of the molecule is O=C1O[C@]2(CC[C@H](CNc3ccn(-c4ccccc4F)n3)CC2)CN1c1cnc2cnccn12. The van der Waals surface area contributed by atoms with E-state index in [9.17, 15) is 9.18 Å². The summed E-state index contributed by atoms with van der Waals surface area (Å²) in [6.45, 7) is 1.29. The number of ether oxygens (including phenoxy) is 1. The van der Waals surface area contributed by atoms with Gasteiger partial charge >= 0.3 is 6.09 Å². The Morgan fingerprint density at radius 3 is 2.85 bits per heavy atom. The molecule has 0 atom stereocenters.